The molecule has 104 valence electrons. The van der Waals surface area contributed by atoms with Crippen molar-refractivity contribution in [2.24, 2.45) is 0 Å². The number of nitrogens with zero attached hydrogens (tertiary/aromatic N) is 1. The number of fused-ring (bicyclic) bond motifs is 1. The summed E-state index contributed by atoms with van der Waals surface area (Å²) >= 11 is 5.76. The van der Waals surface area contributed by atoms with Crippen molar-refractivity contribution >= 4 is 23.0 Å². The first-order chi connectivity index (χ1) is 9.74. The molecule has 0 fully saturated rings. The van der Waals surface area contributed by atoms with E-state index in [4.69, 9.17) is 11.6 Å². The molecule has 0 saturated carbocycles. The molecule has 2 aromatic carbocycles. The molecular weight excluding hydrogens is 275 g/mol. The summed E-state index contributed by atoms with van der Waals surface area (Å²) in [6, 6.07) is 13.2. The lowest BCUT2D eigenvalue weighted by Gasteiger charge is -2.20. The minimum Gasteiger partial charge on any atom is -0.383 e. The number of hydrogen-bond donors (Lipinski definition) is 1. The van der Waals surface area contributed by atoms with E-state index >= 15 is 0 Å². The summed E-state index contributed by atoms with van der Waals surface area (Å²) in [7, 11) is 0. The van der Waals surface area contributed by atoms with Crippen molar-refractivity contribution in [2.45, 2.75) is 6.42 Å². The molecule has 0 bridgehead atoms. The number of nitrogens with one attached hydrogen (secondary N) is 1. The normalized spacial score (nSPS) is 13.4. The quantitative estimate of drug-likeness (QED) is 0.917. The molecule has 4 heteroatoms. The molecule has 0 amide bonds. The molecule has 1 aliphatic heterocycles. The lowest BCUT2D eigenvalue weighted by atomic mass is 10.2. The summed E-state index contributed by atoms with van der Waals surface area (Å²) in [4.78, 5) is 2.37. The Morgan fingerprint density at radius 2 is 2.05 bits per heavy atom. The highest BCUT2D eigenvalue weighted by Crippen LogP contribution is 2.27. The van der Waals surface area contributed by atoms with Gasteiger partial charge in [0, 0.05) is 31.0 Å². The topological polar surface area (TPSA) is 15.3 Å². The molecule has 0 saturated heterocycles. The van der Waals surface area contributed by atoms with Crippen molar-refractivity contribution < 1.29 is 4.39 Å². The third-order valence-corrected chi connectivity index (χ3v) is 3.90. The minimum absolute atomic E-state index is 0.154. The number of benzene rings is 2. The molecule has 0 spiro atoms. The molecule has 3 rings (SSSR count). The molecule has 2 aromatic rings. The smallest absolute Gasteiger partial charge is 0.141 e. The van der Waals surface area contributed by atoms with Gasteiger partial charge in [0.1, 0.15) is 5.82 Å². The number of anilines is 2. The van der Waals surface area contributed by atoms with Crippen LogP contribution in [0, 0.1) is 5.82 Å². The fraction of sp³-hybridized carbons (Fsp3) is 0.250. The first kappa shape index (κ1) is 13.3. The summed E-state index contributed by atoms with van der Waals surface area (Å²) in [5.41, 5.74) is 3.59. The largest absolute Gasteiger partial charge is 0.383 e. The molecule has 2 nitrogen and oxygen atoms in total. The standard InChI is InChI=1S/C16H16ClFN2/c17-14-11-13(5-6-15(14)18)19-8-10-20-9-7-12-3-1-2-4-16(12)20/h1-6,11,19H,7-10H2. The van der Waals surface area contributed by atoms with Gasteiger partial charge in [-0.1, -0.05) is 29.8 Å². The maximum Gasteiger partial charge on any atom is 0.141 e. The Bertz CT molecular complexity index is 615. The van der Waals surface area contributed by atoms with Gasteiger partial charge in [0.05, 0.1) is 5.02 Å². The van der Waals surface area contributed by atoms with E-state index in [0.29, 0.717) is 0 Å². The van der Waals surface area contributed by atoms with Crippen LogP contribution in [0.1, 0.15) is 5.56 Å². The van der Waals surface area contributed by atoms with Crippen LogP contribution in [-0.2, 0) is 6.42 Å². The predicted octanol–water partition coefficient (Wildman–Crippen LogP) is 3.95. The van der Waals surface area contributed by atoms with E-state index in [-0.39, 0.29) is 10.8 Å². The molecule has 0 atom stereocenters. The summed E-state index contributed by atoms with van der Waals surface area (Å²) in [5, 5.41) is 3.43. The predicted molar refractivity (Wildman–Crippen MR) is 82.3 cm³/mol. The Labute approximate surface area is 123 Å². The van der Waals surface area contributed by atoms with Crippen molar-refractivity contribution in [3.05, 3.63) is 58.9 Å². The third kappa shape index (κ3) is 2.73. The molecule has 20 heavy (non-hydrogen) atoms. The summed E-state index contributed by atoms with van der Waals surface area (Å²) in [5.74, 6) is -0.384. The second kappa shape index (κ2) is 5.71. The van der Waals surface area contributed by atoms with Gasteiger partial charge in [0.15, 0.2) is 0 Å². The van der Waals surface area contributed by atoms with Crippen molar-refractivity contribution in [2.75, 3.05) is 29.9 Å². The van der Waals surface area contributed by atoms with Gasteiger partial charge in [-0.3, -0.25) is 0 Å². The van der Waals surface area contributed by atoms with Crippen molar-refractivity contribution in [1.82, 2.24) is 0 Å². The van der Waals surface area contributed by atoms with Crippen LogP contribution in [-0.4, -0.2) is 19.6 Å². The third-order valence-electron chi connectivity index (χ3n) is 3.61. The molecule has 1 heterocycles. The van der Waals surface area contributed by atoms with Gasteiger partial charge in [0.25, 0.3) is 0 Å². The summed E-state index contributed by atoms with van der Waals surface area (Å²) in [6.07, 6.45) is 1.11. The van der Waals surface area contributed by atoms with Crippen molar-refractivity contribution in [3.63, 3.8) is 0 Å². The van der Waals surface area contributed by atoms with Crippen LogP contribution in [0.25, 0.3) is 0 Å². The fourth-order valence-corrected chi connectivity index (χ4v) is 2.76. The zero-order valence-electron chi connectivity index (χ0n) is 11.1. The minimum atomic E-state index is -0.384. The maximum absolute atomic E-state index is 13.1. The van der Waals surface area contributed by atoms with E-state index in [9.17, 15) is 4.39 Å². The fourth-order valence-electron chi connectivity index (χ4n) is 2.58. The van der Waals surface area contributed by atoms with Crippen molar-refractivity contribution in [3.8, 4) is 0 Å². The van der Waals surface area contributed by atoms with Crippen LogP contribution in [0.15, 0.2) is 42.5 Å². The maximum atomic E-state index is 13.1. The zero-order valence-corrected chi connectivity index (χ0v) is 11.8. The van der Waals surface area contributed by atoms with Crippen LogP contribution in [0.2, 0.25) is 5.02 Å². The molecule has 0 radical (unpaired) electrons. The number of rotatable bonds is 4. The van der Waals surface area contributed by atoms with Crippen LogP contribution in [0.3, 0.4) is 0 Å². The van der Waals surface area contributed by atoms with Gasteiger partial charge in [-0.05, 0) is 36.2 Å². The second-order valence-corrected chi connectivity index (χ2v) is 5.33. The van der Waals surface area contributed by atoms with Gasteiger partial charge in [-0.25, -0.2) is 4.39 Å². The molecule has 0 aromatic heterocycles. The number of hydrogen-bond acceptors (Lipinski definition) is 2. The van der Waals surface area contributed by atoms with Crippen LogP contribution < -0.4 is 10.2 Å². The van der Waals surface area contributed by atoms with E-state index in [1.165, 1.54) is 17.3 Å². The Hall–Kier alpha value is -1.74. The van der Waals surface area contributed by atoms with E-state index < -0.39 is 0 Å². The molecule has 0 unspecified atom stereocenters. The average molecular weight is 291 g/mol. The first-order valence-corrected chi connectivity index (χ1v) is 7.13. The van der Waals surface area contributed by atoms with Gasteiger partial charge in [-0.15, -0.1) is 0 Å². The Balaban J connectivity index is 1.57. The molecule has 0 aliphatic carbocycles. The molecule has 1 aliphatic rings. The van der Waals surface area contributed by atoms with Gasteiger partial charge < -0.3 is 10.2 Å². The van der Waals surface area contributed by atoms with Gasteiger partial charge in [0.2, 0.25) is 0 Å². The Morgan fingerprint density at radius 1 is 1.20 bits per heavy atom. The van der Waals surface area contributed by atoms with Crippen LogP contribution in [0.5, 0.6) is 0 Å². The van der Waals surface area contributed by atoms with Crippen LogP contribution in [0.4, 0.5) is 15.8 Å². The Morgan fingerprint density at radius 3 is 2.90 bits per heavy atom. The van der Waals surface area contributed by atoms with E-state index in [1.54, 1.807) is 12.1 Å². The highest BCUT2D eigenvalue weighted by molar-refractivity contribution is 6.31. The van der Waals surface area contributed by atoms with Crippen molar-refractivity contribution in [1.29, 1.82) is 0 Å². The second-order valence-electron chi connectivity index (χ2n) is 4.92. The van der Waals surface area contributed by atoms with Crippen LogP contribution >= 0.6 is 11.6 Å². The summed E-state index contributed by atoms with van der Waals surface area (Å²) < 4.78 is 13.1. The van der Waals surface area contributed by atoms with E-state index in [2.05, 4.69) is 34.5 Å². The SMILES string of the molecule is Fc1ccc(NCCN2CCc3ccccc32)cc1Cl. The van der Waals surface area contributed by atoms with E-state index in [0.717, 1.165) is 31.7 Å². The highest BCUT2D eigenvalue weighted by atomic mass is 35.5. The lowest BCUT2D eigenvalue weighted by molar-refractivity contribution is 0.628. The molecular formula is C16H16ClFN2. The monoisotopic (exact) mass is 290 g/mol. The lowest BCUT2D eigenvalue weighted by Crippen LogP contribution is -2.27. The zero-order chi connectivity index (χ0) is 13.9. The summed E-state index contributed by atoms with van der Waals surface area (Å²) in [6.45, 7) is 2.79. The average Bonchev–Trinajstić information content (AvgIpc) is 2.86. The van der Waals surface area contributed by atoms with E-state index in [1.807, 2.05) is 0 Å². The Kier molecular flexibility index (Phi) is 3.79. The number of halogens is 2. The number of para-hydroxylation sites is 1. The van der Waals surface area contributed by atoms with Gasteiger partial charge >= 0.3 is 0 Å². The molecule has 1 N–H and O–H groups in total. The van der Waals surface area contributed by atoms with Gasteiger partial charge in [-0.2, -0.15) is 0 Å². The highest BCUT2D eigenvalue weighted by Gasteiger charge is 2.17. The first-order valence-electron chi connectivity index (χ1n) is 6.76.